The Balaban J connectivity index is 1.49. The number of benzene rings is 1. The van der Waals surface area contributed by atoms with Gasteiger partial charge in [0.05, 0.1) is 12.3 Å². The van der Waals surface area contributed by atoms with E-state index in [0.29, 0.717) is 43.4 Å². The number of nitrogens with one attached hydrogen (secondary N) is 1. The van der Waals surface area contributed by atoms with Gasteiger partial charge in [-0.25, -0.2) is 14.6 Å². The smallest absolute Gasteiger partial charge is 0.407 e. The van der Waals surface area contributed by atoms with E-state index in [-0.39, 0.29) is 5.91 Å². The number of carbonyl (C=O) groups is 3. The van der Waals surface area contributed by atoms with E-state index in [0.717, 1.165) is 27.3 Å². The predicted octanol–water partition coefficient (Wildman–Crippen LogP) is 3.35. The number of aromatic nitrogens is 1. The van der Waals surface area contributed by atoms with Crippen LogP contribution in [0.15, 0.2) is 24.3 Å². The summed E-state index contributed by atoms with van der Waals surface area (Å²) in [4.78, 5) is 44.3. The molecule has 10 heteroatoms. The molecule has 1 fully saturated rings. The highest BCUT2D eigenvalue weighted by molar-refractivity contribution is 7.16. The average molecular weight is 455 g/mol. The lowest BCUT2D eigenvalue weighted by atomic mass is 9.97. The van der Waals surface area contributed by atoms with Gasteiger partial charge in [-0.15, -0.1) is 11.3 Å². The Kier molecular flexibility index (Phi) is 4.70. The van der Waals surface area contributed by atoms with Crippen LogP contribution < -0.4 is 15.0 Å². The summed E-state index contributed by atoms with van der Waals surface area (Å²) in [5, 5.41) is 12.0. The molecule has 0 spiro atoms. The van der Waals surface area contributed by atoms with Gasteiger partial charge in [-0.3, -0.25) is 15.0 Å². The van der Waals surface area contributed by atoms with Crippen LogP contribution in [0.5, 0.6) is 5.75 Å². The summed E-state index contributed by atoms with van der Waals surface area (Å²) in [6, 6.07) is 5.47. The summed E-state index contributed by atoms with van der Waals surface area (Å²) < 4.78 is 6.01. The van der Waals surface area contributed by atoms with Crippen molar-refractivity contribution in [2.24, 2.45) is 0 Å². The number of urea groups is 1. The third-order valence-electron chi connectivity index (χ3n) is 6.09. The van der Waals surface area contributed by atoms with Gasteiger partial charge < -0.3 is 14.7 Å². The van der Waals surface area contributed by atoms with Crippen LogP contribution in [-0.4, -0.2) is 58.3 Å². The zero-order valence-corrected chi connectivity index (χ0v) is 18.5. The molecule has 9 nitrogen and oxygen atoms in total. The van der Waals surface area contributed by atoms with E-state index in [1.807, 2.05) is 24.3 Å². The Morgan fingerprint density at radius 3 is 2.75 bits per heavy atom. The average Bonchev–Trinajstić information content (AvgIpc) is 3.18. The molecule has 1 saturated heterocycles. The second-order valence-corrected chi connectivity index (χ2v) is 9.50. The minimum Gasteiger partial charge on any atom is -0.492 e. The van der Waals surface area contributed by atoms with Gasteiger partial charge in [0.25, 0.3) is 5.91 Å². The first-order valence-electron chi connectivity index (χ1n) is 10.4. The molecule has 0 bridgehead atoms. The zero-order chi connectivity index (χ0) is 22.6. The van der Waals surface area contributed by atoms with Crippen molar-refractivity contribution >= 4 is 40.1 Å². The highest BCUT2D eigenvalue weighted by Crippen LogP contribution is 2.43. The first-order valence-corrected chi connectivity index (χ1v) is 11.2. The Bertz CT molecular complexity index is 1180. The number of imide groups is 1. The van der Waals surface area contributed by atoms with E-state index in [2.05, 4.69) is 5.32 Å². The van der Waals surface area contributed by atoms with Crippen molar-refractivity contribution in [3.63, 3.8) is 0 Å². The number of ether oxygens (including phenoxy) is 1. The number of thiazole rings is 1. The summed E-state index contributed by atoms with van der Waals surface area (Å²) in [5.41, 5.74) is 2.69. The maximum absolute atomic E-state index is 12.4. The molecule has 1 aromatic heterocycles. The van der Waals surface area contributed by atoms with Gasteiger partial charge in [0.2, 0.25) is 0 Å². The molecule has 0 unspecified atom stereocenters. The zero-order valence-electron chi connectivity index (χ0n) is 17.7. The molecule has 0 radical (unpaired) electrons. The molecule has 3 aliphatic rings. The van der Waals surface area contributed by atoms with Crippen LogP contribution in [0.4, 0.5) is 14.7 Å². The Labute approximate surface area is 188 Å². The summed E-state index contributed by atoms with van der Waals surface area (Å²) >= 11 is 1.40. The lowest BCUT2D eigenvalue weighted by Gasteiger charge is -2.25. The van der Waals surface area contributed by atoms with Crippen molar-refractivity contribution in [3.8, 4) is 17.0 Å². The molecule has 2 N–H and O–H groups in total. The maximum Gasteiger partial charge on any atom is 0.407 e. The number of anilines is 1. The lowest BCUT2D eigenvalue weighted by molar-refractivity contribution is -0.122. The molecule has 3 aliphatic heterocycles. The first-order chi connectivity index (χ1) is 15.3. The molecule has 1 aromatic carbocycles. The Hall–Kier alpha value is -3.40. The fraction of sp³-hybridized carbons (Fsp3) is 0.364. The SMILES string of the molecule is CC1(C)C(=O)NC(=O)N1c1nc2c(s1)CCOc1cc(C3=CCN(C(=O)O)CC3)ccc1-2. The van der Waals surface area contributed by atoms with Gasteiger partial charge in [-0.2, -0.15) is 0 Å². The van der Waals surface area contributed by atoms with Gasteiger partial charge in [0, 0.05) is 30.0 Å². The third-order valence-corrected chi connectivity index (χ3v) is 7.19. The number of carboxylic acid groups (broad SMARTS) is 1. The first kappa shape index (κ1) is 20.5. The number of amides is 4. The summed E-state index contributed by atoms with van der Waals surface area (Å²) in [5.74, 6) is 0.365. The minimum absolute atomic E-state index is 0.344. The van der Waals surface area contributed by atoms with Crippen molar-refractivity contribution in [1.82, 2.24) is 15.2 Å². The van der Waals surface area contributed by atoms with E-state index in [1.165, 1.54) is 21.1 Å². The van der Waals surface area contributed by atoms with Crippen molar-refractivity contribution in [2.75, 3.05) is 24.6 Å². The number of fused-ring (bicyclic) bond motifs is 3. The highest BCUT2D eigenvalue weighted by Gasteiger charge is 2.48. The van der Waals surface area contributed by atoms with Crippen LogP contribution in [0.3, 0.4) is 0 Å². The van der Waals surface area contributed by atoms with Gasteiger partial charge in [-0.1, -0.05) is 12.1 Å². The predicted molar refractivity (Wildman–Crippen MR) is 119 cm³/mol. The topological polar surface area (TPSA) is 112 Å². The molecule has 0 aliphatic carbocycles. The summed E-state index contributed by atoms with van der Waals surface area (Å²) in [7, 11) is 0. The molecule has 5 rings (SSSR count). The van der Waals surface area contributed by atoms with E-state index in [1.54, 1.807) is 13.8 Å². The monoisotopic (exact) mass is 454 g/mol. The molecule has 4 amide bonds. The van der Waals surface area contributed by atoms with Gasteiger partial charge >= 0.3 is 12.1 Å². The molecule has 0 saturated carbocycles. The van der Waals surface area contributed by atoms with Crippen molar-refractivity contribution in [3.05, 3.63) is 34.7 Å². The lowest BCUT2D eigenvalue weighted by Crippen LogP contribution is -2.44. The maximum atomic E-state index is 12.4. The molecule has 4 heterocycles. The molecule has 0 atom stereocenters. The number of hydrogen-bond donors (Lipinski definition) is 2. The fourth-order valence-electron chi connectivity index (χ4n) is 4.20. The molecular weight excluding hydrogens is 432 g/mol. The molecule has 166 valence electrons. The van der Waals surface area contributed by atoms with Gasteiger partial charge in [0.1, 0.15) is 11.3 Å². The standard InChI is InChI=1S/C22H22N4O5S/c1-22(2)18(27)24-19(28)26(22)20-23-17-14-4-3-13(11-15(14)31-10-7-16(17)32-20)12-5-8-25(9-6-12)21(29)30/h3-5,11H,6-10H2,1-2H3,(H,29,30)(H,24,27,28). The van der Waals surface area contributed by atoms with E-state index >= 15 is 0 Å². The van der Waals surface area contributed by atoms with Crippen LogP contribution in [0.1, 0.15) is 30.7 Å². The number of hydrogen-bond acceptors (Lipinski definition) is 6. The van der Waals surface area contributed by atoms with E-state index < -0.39 is 17.7 Å². The summed E-state index contributed by atoms with van der Waals surface area (Å²) in [6.45, 7) is 4.71. The largest absolute Gasteiger partial charge is 0.492 e. The van der Waals surface area contributed by atoms with E-state index in [9.17, 15) is 14.4 Å². The van der Waals surface area contributed by atoms with Crippen LogP contribution >= 0.6 is 11.3 Å². The van der Waals surface area contributed by atoms with Gasteiger partial charge in [0.15, 0.2) is 5.13 Å². The second-order valence-electron chi connectivity index (χ2n) is 8.44. The Morgan fingerprint density at radius 1 is 1.28 bits per heavy atom. The second kappa shape index (κ2) is 7.33. The third kappa shape index (κ3) is 3.22. The van der Waals surface area contributed by atoms with Crippen LogP contribution in [-0.2, 0) is 11.2 Å². The normalized spacial score (nSPS) is 19.5. The number of carbonyl (C=O) groups excluding carboxylic acids is 2. The summed E-state index contributed by atoms with van der Waals surface area (Å²) in [6.07, 6.45) is 2.32. The number of rotatable bonds is 2. The van der Waals surface area contributed by atoms with Crippen molar-refractivity contribution < 1.29 is 24.2 Å². The minimum atomic E-state index is -1.01. The number of nitrogens with zero attached hydrogens (tertiary/aromatic N) is 3. The van der Waals surface area contributed by atoms with Crippen LogP contribution in [0, 0.1) is 0 Å². The Morgan fingerprint density at radius 2 is 2.09 bits per heavy atom. The highest BCUT2D eigenvalue weighted by atomic mass is 32.1. The molecule has 32 heavy (non-hydrogen) atoms. The van der Waals surface area contributed by atoms with Crippen LogP contribution in [0.2, 0.25) is 0 Å². The molecule has 2 aromatic rings. The van der Waals surface area contributed by atoms with Crippen molar-refractivity contribution in [2.45, 2.75) is 32.2 Å². The van der Waals surface area contributed by atoms with Crippen molar-refractivity contribution in [1.29, 1.82) is 0 Å². The fourth-order valence-corrected chi connectivity index (χ4v) is 5.40. The van der Waals surface area contributed by atoms with Gasteiger partial charge in [-0.05, 0) is 43.5 Å². The molecular formula is C22H22N4O5S. The van der Waals surface area contributed by atoms with E-state index in [4.69, 9.17) is 14.8 Å². The van der Waals surface area contributed by atoms with Crippen LogP contribution in [0.25, 0.3) is 16.8 Å². The quantitative estimate of drug-likeness (QED) is 0.673.